The Balaban J connectivity index is 1.15. The third-order valence-electron chi connectivity index (χ3n) is 9.00. The summed E-state index contributed by atoms with van der Waals surface area (Å²) >= 11 is 8.08. The van der Waals surface area contributed by atoms with Crippen molar-refractivity contribution in [3.05, 3.63) is 87.4 Å². The molecule has 0 saturated carbocycles. The maximum absolute atomic E-state index is 14.3. The summed E-state index contributed by atoms with van der Waals surface area (Å²) in [5.41, 5.74) is 5.13. The lowest BCUT2D eigenvalue weighted by atomic mass is 9.88. The lowest BCUT2D eigenvalue weighted by Gasteiger charge is -2.31. The van der Waals surface area contributed by atoms with Crippen LogP contribution >= 0.6 is 22.9 Å². The number of alkyl halides is 1. The number of aliphatic hydroxyl groups excluding tert-OH is 1. The number of imidazole rings is 1. The standard InChI is InChI=1S/C32H32ClFN6O3S/c33-26-14-22(20-3-1-19(2-4-20)21-5-8-38(9-6-21)10-11-41)13-24-25(26)17-40(31(24)43)29(30(42)37-32-35-7-12-44-32)28-27-15-23(34)16-39(27)18-36-28/h1-4,7,12-14,18,21,23,29,41H,5-6,8-11,15-17H2,(H,35,37,42). The number of likely N-dealkylation sites (tertiary alicyclic amines) is 1. The van der Waals surface area contributed by atoms with Crippen molar-refractivity contribution in [3.8, 4) is 11.1 Å². The summed E-state index contributed by atoms with van der Waals surface area (Å²) in [5.74, 6) is -0.313. The van der Waals surface area contributed by atoms with Gasteiger partial charge in [-0.3, -0.25) is 14.9 Å². The topological polar surface area (TPSA) is 104 Å². The third-order valence-corrected chi connectivity index (χ3v) is 10.0. The van der Waals surface area contributed by atoms with Crippen LogP contribution in [0.15, 0.2) is 54.3 Å². The lowest BCUT2D eigenvalue weighted by molar-refractivity contribution is -0.121. The van der Waals surface area contributed by atoms with E-state index in [0.717, 1.165) is 43.6 Å². The predicted octanol–water partition coefficient (Wildman–Crippen LogP) is 5.06. The molecule has 0 spiro atoms. The number of thiazole rings is 1. The van der Waals surface area contributed by atoms with E-state index in [9.17, 15) is 19.1 Å². The number of benzene rings is 2. The van der Waals surface area contributed by atoms with Crippen LogP contribution in [-0.2, 0) is 24.3 Å². The van der Waals surface area contributed by atoms with Crippen LogP contribution < -0.4 is 5.32 Å². The average molecular weight is 635 g/mol. The van der Waals surface area contributed by atoms with Crippen molar-refractivity contribution >= 4 is 39.9 Å². The number of amides is 2. The van der Waals surface area contributed by atoms with Crippen molar-refractivity contribution < 1.29 is 19.1 Å². The minimum absolute atomic E-state index is 0.127. The second-order valence-corrected chi connectivity index (χ2v) is 12.9. The van der Waals surface area contributed by atoms with Gasteiger partial charge in [-0.1, -0.05) is 35.9 Å². The number of β-amino-alcohol motifs (C(OH)–C–C–N with tert-alkyl or cyclic N) is 1. The number of aromatic nitrogens is 3. The van der Waals surface area contributed by atoms with Gasteiger partial charge in [0.05, 0.1) is 25.2 Å². The molecule has 2 atom stereocenters. The average Bonchev–Trinajstić information content (AvgIpc) is 3.81. The molecule has 1 fully saturated rings. The number of rotatable bonds is 8. The number of nitrogens with zero attached hydrogens (tertiary/aromatic N) is 5. The van der Waals surface area contributed by atoms with Gasteiger partial charge in [0.15, 0.2) is 11.2 Å². The van der Waals surface area contributed by atoms with E-state index in [1.165, 1.54) is 28.1 Å². The second-order valence-electron chi connectivity index (χ2n) is 11.6. The van der Waals surface area contributed by atoms with Crippen molar-refractivity contribution in [2.75, 3.05) is 31.6 Å². The van der Waals surface area contributed by atoms with Gasteiger partial charge in [-0.05, 0) is 60.7 Å². The van der Waals surface area contributed by atoms with Gasteiger partial charge in [0.1, 0.15) is 6.17 Å². The number of hydrogen-bond acceptors (Lipinski definition) is 7. The normalized spacial score (nSPS) is 19.3. The minimum Gasteiger partial charge on any atom is -0.395 e. The third kappa shape index (κ3) is 5.42. The fourth-order valence-electron chi connectivity index (χ4n) is 6.73. The van der Waals surface area contributed by atoms with Gasteiger partial charge in [0, 0.05) is 52.9 Å². The molecule has 9 nitrogen and oxygen atoms in total. The van der Waals surface area contributed by atoms with Crippen molar-refractivity contribution in [1.82, 2.24) is 24.3 Å². The highest BCUT2D eigenvalue weighted by atomic mass is 35.5. The number of halogens is 2. The van der Waals surface area contributed by atoms with Gasteiger partial charge in [-0.25, -0.2) is 14.4 Å². The van der Waals surface area contributed by atoms with E-state index in [4.69, 9.17) is 11.6 Å². The molecule has 0 aliphatic carbocycles. The summed E-state index contributed by atoms with van der Waals surface area (Å²) in [6, 6.07) is 11.1. The van der Waals surface area contributed by atoms with Crippen LogP contribution in [0, 0.1) is 0 Å². The molecule has 0 radical (unpaired) electrons. The number of hydrogen-bond donors (Lipinski definition) is 2. The van der Waals surface area contributed by atoms with Crippen molar-refractivity contribution in [2.45, 2.75) is 50.5 Å². The Labute approximate surface area is 263 Å². The molecular formula is C32H32ClFN6O3S. The van der Waals surface area contributed by atoms with E-state index < -0.39 is 18.1 Å². The predicted molar refractivity (Wildman–Crippen MR) is 167 cm³/mol. The Morgan fingerprint density at radius 3 is 2.68 bits per heavy atom. The molecule has 2 unspecified atom stereocenters. The highest BCUT2D eigenvalue weighted by Gasteiger charge is 2.42. The molecule has 3 aliphatic rings. The Hall–Kier alpha value is -3.64. The monoisotopic (exact) mass is 634 g/mol. The minimum atomic E-state index is -1.08. The summed E-state index contributed by atoms with van der Waals surface area (Å²) in [6.07, 6.45) is 4.30. The summed E-state index contributed by atoms with van der Waals surface area (Å²) in [4.78, 5) is 40.2. The molecule has 4 aromatic rings. The SMILES string of the molecule is O=C(Nc1nccs1)C(c1ncn2c1CC(F)C2)N1Cc2c(Cl)cc(-c3ccc(C4CCN(CCO)CC4)cc3)cc2C1=O. The van der Waals surface area contributed by atoms with E-state index in [1.54, 1.807) is 16.1 Å². The highest BCUT2D eigenvalue weighted by molar-refractivity contribution is 7.13. The Kier molecular flexibility index (Phi) is 7.96. The summed E-state index contributed by atoms with van der Waals surface area (Å²) in [5, 5.41) is 14.6. The molecule has 3 aliphatic heterocycles. The first kappa shape index (κ1) is 29.1. The molecular weight excluding hydrogens is 603 g/mol. The molecule has 12 heteroatoms. The van der Waals surface area contributed by atoms with E-state index in [1.807, 2.05) is 12.1 Å². The van der Waals surface area contributed by atoms with Crippen LogP contribution in [0.3, 0.4) is 0 Å². The molecule has 2 aromatic heterocycles. The maximum Gasteiger partial charge on any atom is 0.255 e. The van der Waals surface area contributed by atoms with Gasteiger partial charge in [0.25, 0.3) is 11.8 Å². The molecule has 5 heterocycles. The first-order valence-corrected chi connectivity index (χ1v) is 16.1. The zero-order chi connectivity index (χ0) is 30.4. The van der Waals surface area contributed by atoms with Gasteiger partial charge in [-0.2, -0.15) is 0 Å². The van der Waals surface area contributed by atoms with Crippen molar-refractivity contribution in [3.63, 3.8) is 0 Å². The number of nitrogens with one attached hydrogen (secondary N) is 1. The van der Waals surface area contributed by atoms with Crippen LogP contribution in [0.1, 0.15) is 57.7 Å². The van der Waals surface area contributed by atoms with Crippen molar-refractivity contribution in [1.29, 1.82) is 0 Å². The van der Waals surface area contributed by atoms with Gasteiger partial charge in [-0.15, -0.1) is 11.3 Å². The summed E-state index contributed by atoms with van der Waals surface area (Å²) in [6.45, 7) is 3.17. The van der Waals surface area contributed by atoms with E-state index >= 15 is 0 Å². The number of carbonyl (C=O) groups is 2. The van der Waals surface area contributed by atoms with Crippen molar-refractivity contribution in [2.24, 2.45) is 0 Å². The Morgan fingerprint density at radius 1 is 1.16 bits per heavy atom. The molecule has 2 amide bonds. The van der Waals surface area contributed by atoms with E-state index in [-0.39, 0.29) is 32.0 Å². The fourth-order valence-corrected chi connectivity index (χ4v) is 7.54. The van der Waals surface area contributed by atoms with Gasteiger partial charge < -0.3 is 19.5 Å². The first-order valence-electron chi connectivity index (χ1n) is 14.8. The second kappa shape index (κ2) is 12.0. The molecule has 2 aromatic carbocycles. The van der Waals surface area contributed by atoms with Crippen LogP contribution in [0.5, 0.6) is 0 Å². The molecule has 228 valence electrons. The van der Waals surface area contributed by atoms with Gasteiger partial charge >= 0.3 is 0 Å². The maximum atomic E-state index is 14.3. The smallest absolute Gasteiger partial charge is 0.255 e. The van der Waals surface area contributed by atoms with Crippen LogP contribution in [0.4, 0.5) is 9.52 Å². The number of piperidine rings is 1. The molecule has 1 saturated heterocycles. The Bertz CT molecular complexity index is 1690. The summed E-state index contributed by atoms with van der Waals surface area (Å²) < 4.78 is 16.0. The fraction of sp³-hybridized carbons (Fsp3) is 0.375. The number of aliphatic hydroxyl groups is 1. The highest BCUT2D eigenvalue weighted by Crippen LogP contribution is 2.40. The summed E-state index contributed by atoms with van der Waals surface area (Å²) in [7, 11) is 0. The lowest BCUT2D eigenvalue weighted by Crippen LogP contribution is -2.38. The Morgan fingerprint density at radius 2 is 1.95 bits per heavy atom. The molecule has 7 rings (SSSR count). The molecule has 44 heavy (non-hydrogen) atoms. The van der Waals surface area contributed by atoms with Crippen LogP contribution in [0.25, 0.3) is 11.1 Å². The van der Waals surface area contributed by atoms with Crippen LogP contribution in [0.2, 0.25) is 5.02 Å². The molecule has 2 N–H and O–H groups in total. The number of anilines is 1. The van der Waals surface area contributed by atoms with E-state index in [2.05, 4.69) is 44.5 Å². The zero-order valence-corrected chi connectivity index (χ0v) is 25.5. The quantitative estimate of drug-likeness (QED) is 0.281. The van der Waals surface area contributed by atoms with Gasteiger partial charge in [0.2, 0.25) is 0 Å². The largest absolute Gasteiger partial charge is 0.395 e. The first-order chi connectivity index (χ1) is 21.4. The van der Waals surface area contributed by atoms with E-state index in [0.29, 0.717) is 38.6 Å². The molecule has 0 bridgehead atoms. The number of carbonyl (C=O) groups excluding carboxylic acids is 2. The zero-order valence-electron chi connectivity index (χ0n) is 24.0. The van der Waals surface area contributed by atoms with Crippen LogP contribution in [-0.4, -0.2) is 73.7 Å². The number of fused-ring (bicyclic) bond motifs is 2.